The number of aryl methyl sites for hydroxylation is 2. The summed E-state index contributed by atoms with van der Waals surface area (Å²) in [6.45, 7) is 4.73. The highest BCUT2D eigenvalue weighted by Crippen LogP contribution is 2.26. The lowest BCUT2D eigenvalue weighted by atomic mass is 9.99. The average molecular weight is 273 g/mol. The van der Waals surface area contributed by atoms with Gasteiger partial charge in [0.25, 0.3) is 0 Å². The zero-order valence-corrected chi connectivity index (χ0v) is 12.2. The molecule has 108 valence electrons. The molecule has 3 rings (SSSR count). The minimum absolute atomic E-state index is 0.127. The van der Waals surface area contributed by atoms with Crippen molar-refractivity contribution in [2.45, 2.75) is 39.0 Å². The van der Waals surface area contributed by atoms with E-state index in [9.17, 15) is 4.79 Å². The highest BCUT2D eigenvalue weighted by molar-refractivity contribution is 5.74. The molecule has 1 aliphatic carbocycles. The van der Waals surface area contributed by atoms with Gasteiger partial charge in [0.05, 0.1) is 6.54 Å². The number of hydrogen-bond donors (Lipinski definition) is 0. The summed E-state index contributed by atoms with van der Waals surface area (Å²) in [5.41, 5.74) is 2.76. The molecule has 0 amide bonds. The molecule has 1 aliphatic heterocycles. The maximum atomic E-state index is 12.0. The summed E-state index contributed by atoms with van der Waals surface area (Å²) >= 11 is 0. The molecule has 0 atom stereocenters. The molecule has 3 nitrogen and oxygen atoms in total. The van der Waals surface area contributed by atoms with E-state index in [4.69, 9.17) is 4.74 Å². The molecular formula is C17H23NO2. The number of carbonyl (C=O) groups is 1. The van der Waals surface area contributed by atoms with E-state index in [-0.39, 0.29) is 5.97 Å². The van der Waals surface area contributed by atoms with Crippen molar-refractivity contribution in [3.63, 3.8) is 0 Å². The fourth-order valence-electron chi connectivity index (χ4n) is 3.18. The highest BCUT2D eigenvalue weighted by Gasteiger charge is 2.19. The number of ether oxygens (including phenoxy) is 1. The summed E-state index contributed by atoms with van der Waals surface area (Å²) in [7, 11) is 0. The molecule has 1 aromatic rings. The van der Waals surface area contributed by atoms with E-state index in [0.717, 1.165) is 31.8 Å². The van der Waals surface area contributed by atoms with Crippen molar-refractivity contribution in [1.82, 2.24) is 4.90 Å². The quantitative estimate of drug-likeness (QED) is 0.626. The Balaban J connectivity index is 1.54. The van der Waals surface area contributed by atoms with Crippen LogP contribution in [0.25, 0.3) is 0 Å². The van der Waals surface area contributed by atoms with Crippen LogP contribution in [0.2, 0.25) is 0 Å². The molecule has 1 aromatic carbocycles. The fourth-order valence-corrected chi connectivity index (χ4v) is 3.18. The molecule has 0 spiro atoms. The van der Waals surface area contributed by atoms with Gasteiger partial charge in [-0.25, -0.2) is 0 Å². The zero-order valence-electron chi connectivity index (χ0n) is 12.2. The van der Waals surface area contributed by atoms with Crippen molar-refractivity contribution >= 4 is 5.97 Å². The average Bonchev–Trinajstić information content (AvgIpc) is 2.89. The number of hydrogen-bond acceptors (Lipinski definition) is 3. The summed E-state index contributed by atoms with van der Waals surface area (Å²) in [6, 6.07) is 6.08. The van der Waals surface area contributed by atoms with Crippen molar-refractivity contribution in [2.75, 3.05) is 19.6 Å². The summed E-state index contributed by atoms with van der Waals surface area (Å²) in [5.74, 6) is 1.37. The van der Waals surface area contributed by atoms with Crippen molar-refractivity contribution in [3.05, 3.63) is 29.3 Å². The minimum Gasteiger partial charge on any atom is -0.426 e. The first-order chi connectivity index (χ1) is 9.70. The van der Waals surface area contributed by atoms with Gasteiger partial charge in [0.1, 0.15) is 5.75 Å². The van der Waals surface area contributed by atoms with Crippen LogP contribution >= 0.6 is 0 Å². The lowest BCUT2D eigenvalue weighted by Crippen LogP contribution is -2.38. The maximum Gasteiger partial charge on any atom is 0.325 e. The molecule has 0 radical (unpaired) electrons. The second-order valence-corrected chi connectivity index (χ2v) is 6.22. The standard InChI is InChI=1S/C17H23NO2/c1-13-7-9-18(10-8-13)12-17(19)20-16-6-5-14-3-2-4-15(14)11-16/h5-6,11,13H,2-4,7-10,12H2,1H3. The number of esters is 1. The molecule has 1 fully saturated rings. The van der Waals surface area contributed by atoms with Crippen LogP contribution in [-0.4, -0.2) is 30.5 Å². The third-order valence-corrected chi connectivity index (χ3v) is 4.53. The number of likely N-dealkylation sites (tertiary alicyclic amines) is 1. The van der Waals surface area contributed by atoms with E-state index in [1.807, 2.05) is 12.1 Å². The Bertz CT molecular complexity index is 490. The van der Waals surface area contributed by atoms with Gasteiger partial charge in [0.2, 0.25) is 0 Å². The molecule has 2 aliphatic rings. The van der Waals surface area contributed by atoms with Gasteiger partial charge in [0, 0.05) is 0 Å². The molecule has 0 N–H and O–H groups in total. The van der Waals surface area contributed by atoms with E-state index < -0.39 is 0 Å². The van der Waals surface area contributed by atoms with Crippen LogP contribution in [0.4, 0.5) is 0 Å². The van der Waals surface area contributed by atoms with Gasteiger partial charge < -0.3 is 4.74 Å². The lowest BCUT2D eigenvalue weighted by Gasteiger charge is -2.29. The molecule has 0 saturated carbocycles. The number of piperidine rings is 1. The maximum absolute atomic E-state index is 12.0. The van der Waals surface area contributed by atoms with Crippen molar-refractivity contribution < 1.29 is 9.53 Å². The van der Waals surface area contributed by atoms with Crippen LogP contribution in [-0.2, 0) is 17.6 Å². The minimum atomic E-state index is -0.127. The summed E-state index contributed by atoms with van der Waals surface area (Å²) in [6.07, 6.45) is 5.87. The number of fused-ring (bicyclic) bond motifs is 1. The second kappa shape index (κ2) is 5.96. The van der Waals surface area contributed by atoms with Gasteiger partial charge in [-0.2, -0.15) is 0 Å². The topological polar surface area (TPSA) is 29.5 Å². The molecule has 1 saturated heterocycles. The highest BCUT2D eigenvalue weighted by atomic mass is 16.5. The first kappa shape index (κ1) is 13.6. The van der Waals surface area contributed by atoms with Crippen molar-refractivity contribution in [2.24, 2.45) is 5.92 Å². The van der Waals surface area contributed by atoms with Gasteiger partial charge in [-0.15, -0.1) is 0 Å². The van der Waals surface area contributed by atoms with Crippen LogP contribution in [0, 0.1) is 5.92 Å². The summed E-state index contributed by atoms with van der Waals surface area (Å²) in [5, 5.41) is 0. The summed E-state index contributed by atoms with van der Waals surface area (Å²) in [4.78, 5) is 14.2. The van der Waals surface area contributed by atoms with E-state index in [1.165, 1.54) is 30.4 Å². The molecule has 0 bridgehead atoms. The van der Waals surface area contributed by atoms with Crippen molar-refractivity contribution in [1.29, 1.82) is 0 Å². The van der Waals surface area contributed by atoms with Crippen LogP contribution in [0.5, 0.6) is 5.75 Å². The van der Waals surface area contributed by atoms with Gasteiger partial charge in [-0.3, -0.25) is 9.69 Å². The van der Waals surface area contributed by atoms with Gasteiger partial charge in [0.15, 0.2) is 0 Å². The monoisotopic (exact) mass is 273 g/mol. The van der Waals surface area contributed by atoms with Crippen LogP contribution in [0.3, 0.4) is 0 Å². The molecule has 0 unspecified atom stereocenters. The van der Waals surface area contributed by atoms with E-state index in [2.05, 4.69) is 17.9 Å². The Morgan fingerprint density at radius 1 is 1.25 bits per heavy atom. The Morgan fingerprint density at radius 3 is 2.80 bits per heavy atom. The molecule has 1 heterocycles. The second-order valence-electron chi connectivity index (χ2n) is 6.22. The lowest BCUT2D eigenvalue weighted by molar-refractivity contribution is -0.136. The summed E-state index contributed by atoms with van der Waals surface area (Å²) < 4.78 is 5.49. The fraction of sp³-hybridized carbons (Fsp3) is 0.588. The molecule has 3 heteroatoms. The van der Waals surface area contributed by atoms with E-state index in [1.54, 1.807) is 0 Å². The number of nitrogens with zero attached hydrogens (tertiary/aromatic N) is 1. The Kier molecular flexibility index (Phi) is 4.06. The normalized spacial score (nSPS) is 19.9. The Morgan fingerprint density at radius 2 is 2.00 bits per heavy atom. The SMILES string of the molecule is CC1CCN(CC(=O)Oc2ccc3c(c2)CCC3)CC1. The molecular weight excluding hydrogens is 250 g/mol. The molecule has 20 heavy (non-hydrogen) atoms. The predicted octanol–water partition coefficient (Wildman–Crippen LogP) is 2.81. The van der Waals surface area contributed by atoms with Crippen molar-refractivity contribution in [3.8, 4) is 5.75 Å². The third-order valence-electron chi connectivity index (χ3n) is 4.53. The number of benzene rings is 1. The predicted molar refractivity (Wildman–Crippen MR) is 78.9 cm³/mol. The largest absolute Gasteiger partial charge is 0.426 e. The van der Waals surface area contributed by atoms with Crippen LogP contribution < -0.4 is 4.74 Å². The number of rotatable bonds is 3. The first-order valence-corrected chi connectivity index (χ1v) is 7.75. The number of carbonyl (C=O) groups excluding carboxylic acids is 1. The Labute approximate surface area is 120 Å². The van der Waals surface area contributed by atoms with Gasteiger partial charge in [-0.1, -0.05) is 13.0 Å². The van der Waals surface area contributed by atoms with Crippen LogP contribution in [0.15, 0.2) is 18.2 Å². The van der Waals surface area contributed by atoms with Crippen LogP contribution in [0.1, 0.15) is 37.3 Å². The van der Waals surface area contributed by atoms with E-state index in [0.29, 0.717) is 12.3 Å². The van der Waals surface area contributed by atoms with Gasteiger partial charge in [-0.05, 0) is 74.4 Å². The third kappa shape index (κ3) is 3.21. The zero-order chi connectivity index (χ0) is 13.9. The molecule has 0 aromatic heterocycles. The Hall–Kier alpha value is -1.35. The first-order valence-electron chi connectivity index (χ1n) is 7.75. The van der Waals surface area contributed by atoms with E-state index >= 15 is 0 Å². The smallest absolute Gasteiger partial charge is 0.325 e. The van der Waals surface area contributed by atoms with Gasteiger partial charge >= 0.3 is 5.97 Å².